The highest BCUT2D eigenvalue weighted by molar-refractivity contribution is 5.77. The lowest BCUT2D eigenvalue weighted by molar-refractivity contribution is -0.129. The Kier molecular flexibility index (Phi) is 4.77. The summed E-state index contributed by atoms with van der Waals surface area (Å²) in [4.78, 5) is 20.2. The van der Waals surface area contributed by atoms with Gasteiger partial charge in [-0.1, -0.05) is 0 Å². The fraction of sp³-hybridized carbons (Fsp3) is 0.350. The van der Waals surface area contributed by atoms with E-state index in [4.69, 9.17) is 14.6 Å². The molecular weight excluding hydrogens is 358 g/mol. The van der Waals surface area contributed by atoms with E-state index in [9.17, 15) is 4.79 Å². The van der Waals surface area contributed by atoms with Crippen molar-refractivity contribution < 1.29 is 14.3 Å². The van der Waals surface area contributed by atoms with Crippen molar-refractivity contribution in [1.29, 1.82) is 0 Å². The molecule has 0 N–H and O–H groups in total. The molecule has 1 amide bonds. The molecule has 0 bridgehead atoms. The van der Waals surface area contributed by atoms with Crippen LogP contribution in [-0.2, 0) is 4.79 Å². The van der Waals surface area contributed by atoms with Crippen molar-refractivity contribution in [2.45, 2.75) is 6.92 Å². The van der Waals surface area contributed by atoms with Crippen LogP contribution in [-0.4, -0.2) is 65.8 Å². The van der Waals surface area contributed by atoms with Gasteiger partial charge in [0.2, 0.25) is 5.91 Å². The van der Waals surface area contributed by atoms with Gasteiger partial charge in [0.15, 0.2) is 17.3 Å². The van der Waals surface area contributed by atoms with Crippen molar-refractivity contribution in [2.24, 2.45) is 0 Å². The highest BCUT2D eigenvalue weighted by Gasteiger charge is 2.22. The van der Waals surface area contributed by atoms with Crippen LogP contribution in [0.1, 0.15) is 6.92 Å². The quantitative estimate of drug-likeness (QED) is 0.689. The van der Waals surface area contributed by atoms with Crippen LogP contribution in [0.3, 0.4) is 0 Å². The zero-order chi connectivity index (χ0) is 19.7. The Morgan fingerprint density at radius 2 is 1.79 bits per heavy atom. The van der Waals surface area contributed by atoms with Gasteiger partial charge in [-0.25, -0.2) is 9.50 Å². The number of carbonyl (C=O) groups is 1. The number of methoxy groups -OCH3 is 2. The molecule has 4 rings (SSSR count). The summed E-state index contributed by atoms with van der Waals surface area (Å²) in [5.41, 5.74) is 2.70. The van der Waals surface area contributed by atoms with Crippen molar-refractivity contribution in [3.63, 3.8) is 0 Å². The number of amides is 1. The maximum atomic E-state index is 11.6. The predicted molar refractivity (Wildman–Crippen MR) is 106 cm³/mol. The Hall–Kier alpha value is -3.29. The average molecular weight is 381 g/mol. The van der Waals surface area contributed by atoms with Crippen LogP contribution in [0.4, 0.5) is 5.82 Å². The Labute approximate surface area is 163 Å². The van der Waals surface area contributed by atoms with Crippen molar-refractivity contribution >= 4 is 17.2 Å². The van der Waals surface area contributed by atoms with E-state index in [1.807, 2.05) is 39.9 Å². The summed E-state index contributed by atoms with van der Waals surface area (Å²) in [5.74, 6) is 2.34. The number of hydrogen-bond acceptors (Lipinski definition) is 6. The molecule has 1 aliphatic rings. The van der Waals surface area contributed by atoms with Gasteiger partial charge in [0.1, 0.15) is 5.52 Å². The summed E-state index contributed by atoms with van der Waals surface area (Å²) in [7, 11) is 3.24. The normalized spacial score (nSPS) is 14.4. The van der Waals surface area contributed by atoms with Gasteiger partial charge in [0.25, 0.3) is 0 Å². The molecule has 8 nitrogen and oxygen atoms in total. The fourth-order valence-corrected chi connectivity index (χ4v) is 3.52. The second-order valence-corrected chi connectivity index (χ2v) is 6.67. The molecule has 1 fully saturated rings. The maximum Gasteiger partial charge on any atom is 0.219 e. The molecule has 3 heterocycles. The molecule has 0 spiro atoms. The first-order valence-corrected chi connectivity index (χ1v) is 9.18. The Morgan fingerprint density at radius 1 is 1.04 bits per heavy atom. The molecule has 8 heteroatoms. The lowest BCUT2D eigenvalue weighted by Crippen LogP contribution is -2.48. The highest BCUT2D eigenvalue weighted by atomic mass is 16.5. The molecule has 0 aliphatic carbocycles. The highest BCUT2D eigenvalue weighted by Crippen LogP contribution is 2.33. The number of aromatic nitrogens is 3. The minimum Gasteiger partial charge on any atom is -0.493 e. The van der Waals surface area contributed by atoms with Gasteiger partial charge in [-0.15, -0.1) is 0 Å². The van der Waals surface area contributed by atoms with Gasteiger partial charge < -0.3 is 19.3 Å². The van der Waals surface area contributed by atoms with E-state index < -0.39 is 0 Å². The third-order valence-corrected chi connectivity index (χ3v) is 5.07. The summed E-state index contributed by atoms with van der Waals surface area (Å²) in [5, 5.41) is 4.70. The lowest BCUT2D eigenvalue weighted by atomic mass is 10.1. The van der Waals surface area contributed by atoms with Crippen LogP contribution in [0, 0.1) is 0 Å². The molecule has 2 aromatic heterocycles. The van der Waals surface area contributed by atoms with E-state index in [1.165, 1.54) is 0 Å². The Bertz CT molecular complexity index is 1010. The van der Waals surface area contributed by atoms with Gasteiger partial charge in [0.05, 0.1) is 19.9 Å². The number of fused-ring (bicyclic) bond motifs is 1. The van der Waals surface area contributed by atoms with Crippen molar-refractivity contribution in [2.75, 3.05) is 45.3 Å². The van der Waals surface area contributed by atoms with Crippen LogP contribution in [0.15, 0.2) is 36.7 Å². The van der Waals surface area contributed by atoms with Crippen molar-refractivity contribution in [3.05, 3.63) is 36.7 Å². The second kappa shape index (κ2) is 7.38. The molecule has 0 radical (unpaired) electrons. The summed E-state index contributed by atoms with van der Waals surface area (Å²) >= 11 is 0. The van der Waals surface area contributed by atoms with Crippen LogP contribution >= 0.6 is 0 Å². The molecule has 1 saturated heterocycles. The first-order valence-electron chi connectivity index (χ1n) is 9.18. The van der Waals surface area contributed by atoms with Crippen LogP contribution < -0.4 is 14.4 Å². The van der Waals surface area contributed by atoms with E-state index in [1.54, 1.807) is 27.3 Å². The Balaban J connectivity index is 1.67. The number of benzene rings is 1. The van der Waals surface area contributed by atoms with Crippen molar-refractivity contribution in [1.82, 2.24) is 19.5 Å². The smallest absolute Gasteiger partial charge is 0.219 e. The van der Waals surface area contributed by atoms with Gasteiger partial charge in [0, 0.05) is 51.1 Å². The standard InChI is InChI=1S/C20H23N5O3/c1-14(26)23-8-10-24(11-9-23)20-17-13-16(22-25(17)7-6-21-20)15-4-5-18(27-2)19(12-15)28-3/h4-7,12-13H,8-11H2,1-3H3. The van der Waals surface area contributed by atoms with Gasteiger partial charge >= 0.3 is 0 Å². The minimum absolute atomic E-state index is 0.117. The predicted octanol–water partition coefficient (Wildman–Crippen LogP) is 2.08. The summed E-state index contributed by atoms with van der Waals surface area (Å²) in [6.07, 6.45) is 3.60. The second-order valence-electron chi connectivity index (χ2n) is 6.67. The summed E-state index contributed by atoms with van der Waals surface area (Å²) in [6.45, 7) is 4.52. The molecule has 0 saturated carbocycles. The first kappa shape index (κ1) is 18.1. The van der Waals surface area contributed by atoms with E-state index >= 15 is 0 Å². The van der Waals surface area contributed by atoms with Gasteiger partial charge in [-0.2, -0.15) is 5.10 Å². The molecule has 3 aromatic rings. The maximum absolute atomic E-state index is 11.6. The monoisotopic (exact) mass is 381 g/mol. The van der Waals surface area contributed by atoms with E-state index in [2.05, 4.69) is 9.88 Å². The van der Waals surface area contributed by atoms with E-state index in [-0.39, 0.29) is 5.91 Å². The molecule has 146 valence electrons. The Morgan fingerprint density at radius 3 is 2.46 bits per heavy atom. The lowest BCUT2D eigenvalue weighted by Gasteiger charge is -2.35. The van der Waals surface area contributed by atoms with Crippen molar-refractivity contribution in [3.8, 4) is 22.8 Å². The molecule has 0 unspecified atom stereocenters. The van der Waals surface area contributed by atoms with Crippen LogP contribution in [0.5, 0.6) is 11.5 Å². The number of rotatable bonds is 4. The largest absolute Gasteiger partial charge is 0.493 e. The topological polar surface area (TPSA) is 72.2 Å². The number of carbonyl (C=O) groups excluding carboxylic acids is 1. The zero-order valence-electron chi connectivity index (χ0n) is 16.3. The number of nitrogens with zero attached hydrogens (tertiary/aromatic N) is 5. The molecule has 1 aliphatic heterocycles. The SMILES string of the molecule is COc1ccc(-c2cc3c(N4CCN(C(C)=O)CC4)nccn3n2)cc1OC. The number of piperazine rings is 1. The molecule has 0 atom stereocenters. The summed E-state index contributed by atoms with van der Waals surface area (Å²) in [6, 6.07) is 7.78. The minimum atomic E-state index is 0.117. The third kappa shape index (κ3) is 3.21. The number of anilines is 1. The molecule has 1 aromatic carbocycles. The van der Waals surface area contributed by atoms with Crippen LogP contribution in [0.25, 0.3) is 16.8 Å². The van der Waals surface area contributed by atoms with Crippen LogP contribution in [0.2, 0.25) is 0 Å². The number of ether oxygens (including phenoxy) is 2. The molecular formula is C20H23N5O3. The average Bonchev–Trinajstić information content (AvgIpc) is 3.17. The molecule has 28 heavy (non-hydrogen) atoms. The summed E-state index contributed by atoms with van der Waals surface area (Å²) < 4.78 is 12.6. The zero-order valence-corrected chi connectivity index (χ0v) is 16.3. The van der Waals surface area contributed by atoms with Gasteiger partial charge in [-0.3, -0.25) is 4.79 Å². The first-order chi connectivity index (χ1) is 13.6. The third-order valence-electron chi connectivity index (χ3n) is 5.07. The van der Waals surface area contributed by atoms with E-state index in [0.717, 1.165) is 35.7 Å². The van der Waals surface area contributed by atoms with E-state index in [0.29, 0.717) is 24.6 Å². The van der Waals surface area contributed by atoms with Gasteiger partial charge in [-0.05, 0) is 24.3 Å². The fourth-order valence-electron chi connectivity index (χ4n) is 3.52. The number of hydrogen-bond donors (Lipinski definition) is 0.